The number of rotatable bonds is 5. The molecule has 1 heterocycles. The quantitative estimate of drug-likeness (QED) is 0.914. The molecular weight excluding hydrogens is 262 g/mol. The number of hydrogen-bond acceptors (Lipinski definition) is 3. The average molecular weight is 285 g/mol. The van der Waals surface area contributed by atoms with E-state index in [1.807, 2.05) is 0 Å². The van der Waals surface area contributed by atoms with Crippen molar-refractivity contribution in [3.63, 3.8) is 0 Å². The van der Waals surface area contributed by atoms with Gasteiger partial charge in [-0.05, 0) is 23.3 Å². The smallest absolute Gasteiger partial charge is 0.106 e. The Bertz CT molecular complexity index is 600. The summed E-state index contributed by atoms with van der Waals surface area (Å²) < 4.78 is 11.2. The van der Waals surface area contributed by atoms with Crippen LogP contribution in [0.4, 0.5) is 0 Å². The summed E-state index contributed by atoms with van der Waals surface area (Å²) in [5, 5.41) is 6.22. The van der Waals surface area contributed by atoms with Crippen molar-refractivity contribution in [2.45, 2.75) is 25.0 Å². The Labute approximate surface area is 126 Å². The largest absolute Gasteiger partial charge is 0.378 e. The number of nitrogens with one attached hydrogen (secondary N) is 1. The van der Waals surface area contributed by atoms with Crippen LogP contribution in [-0.2, 0) is 9.47 Å². The van der Waals surface area contributed by atoms with E-state index in [1.165, 1.54) is 16.3 Å². The SMILES string of the molecule is COC1(CNC(C)c2cccc3ccccc23)CCOC1. The van der Waals surface area contributed by atoms with Crippen LogP contribution in [0.5, 0.6) is 0 Å². The molecule has 0 saturated carbocycles. The summed E-state index contributed by atoms with van der Waals surface area (Å²) in [7, 11) is 1.78. The highest BCUT2D eigenvalue weighted by molar-refractivity contribution is 5.86. The summed E-state index contributed by atoms with van der Waals surface area (Å²) in [6, 6.07) is 15.3. The maximum Gasteiger partial charge on any atom is 0.106 e. The van der Waals surface area contributed by atoms with Gasteiger partial charge in [0, 0.05) is 32.7 Å². The molecule has 1 fully saturated rings. The minimum Gasteiger partial charge on any atom is -0.378 e. The second-order valence-electron chi connectivity index (χ2n) is 5.86. The van der Waals surface area contributed by atoms with Gasteiger partial charge in [-0.3, -0.25) is 0 Å². The first kappa shape index (κ1) is 14.5. The van der Waals surface area contributed by atoms with E-state index >= 15 is 0 Å². The summed E-state index contributed by atoms with van der Waals surface area (Å²) in [5.74, 6) is 0. The van der Waals surface area contributed by atoms with Gasteiger partial charge in [-0.15, -0.1) is 0 Å². The minimum atomic E-state index is -0.168. The standard InChI is InChI=1S/C18H23NO2/c1-14(19-12-18(20-2)10-11-21-13-18)16-9-5-7-15-6-3-4-8-17(15)16/h3-9,14,19H,10-13H2,1-2H3. The highest BCUT2D eigenvalue weighted by atomic mass is 16.5. The van der Waals surface area contributed by atoms with Crippen LogP contribution in [-0.4, -0.2) is 32.5 Å². The third kappa shape index (κ3) is 2.95. The summed E-state index contributed by atoms with van der Waals surface area (Å²) in [6.45, 7) is 4.49. The van der Waals surface area contributed by atoms with E-state index in [9.17, 15) is 0 Å². The van der Waals surface area contributed by atoms with Gasteiger partial charge in [0.1, 0.15) is 5.60 Å². The van der Waals surface area contributed by atoms with Crippen LogP contribution in [0.15, 0.2) is 42.5 Å². The van der Waals surface area contributed by atoms with E-state index in [0.29, 0.717) is 6.61 Å². The van der Waals surface area contributed by atoms with Gasteiger partial charge < -0.3 is 14.8 Å². The fourth-order valence-electron chi connectivity index (χ4n) is 3.04. The molecule has 0 bridgehead atoms. The lowest BCUT2D eigenvalue weighted by molar-refractivity contribution is -0.0172. The van der Waals surface area contributed by atoms with Gasteiger partial charge in [-0.2, -0.15) is 0 Å². The first-order chi connectivity index (χ1) is 10.2. The molecule has 21 heavy (non-hydrogen) atoms. The molecule has 3 heteroatoms. The summed E-state index contributed by atoms with van der Waals surface area (Å²) in [4.78, 5) is 0. The van der Waals surface area contributed by atoms with Crippen molar-refractivity contribution in [1.29, 1.82) is 0 Å². The second kappa shape index (κ2) is 6.14. The molecule has 3 rings (SSSR count). The van der Waals surface area contributed by atoms with Crippen LogP contribution in [0.25, 0.3) is 10.8 Å². The Balaban J connectivity index is 1.76. The van der Waals surface area contributed by atoms with Gasteiger partial charge in [0.2, 0.25) is 0 Å². The lowest BCUT2D eigenvalue weighted by Crippen LogP contribution is -2.43. The number of hydrogen-bond donors (Lipinski definition) is 1. The molecule has 3 nitrogen and oxygen atoms in total. The Morgan fingerprint density at radius 1 is 1.24 bits per heavy atom. The number of benzene rings is 2. The average Bonchev–Trinajstić information content (AvgIpc) is 3.01. The molecule has 2 unspecified atom stereocenters. The topological polar surface area (TPSA) is 30.5 Å². The van der Waals surface area contributed by atoms with Crippen molar-refractivity contribution in [1.82, 2.24) is 5.32 Å². The fourth-order valence-corrected chi connectivity index (χ4v) is 3.04. The Morgan fingerprint density at radius 2 is 2.05 bits per heavy atom. The number of fused-ring (bicyclic) bond motifs is 1. The molecule has 0 radical (unpaired) electrons. The lowest BCUT2D eigenvalue weighted by Gasteiger charge is -2.28. The molecule has 1 aliphatic heterocycles. The molecule has 0 amide bonds. The molecule has 2 atom stereocenters. The minimum absolute atomic E-state index is 0.168. The molecule has 1 saturated heterocycles. The van der Waals surface area contributed by atoms with Gasteiger partial charge in [0.25, 0.3) is 0 Å². The second-order valence-corrected chi connectivity index (χ2v) is 5.86. The van der Waals surface area contributed by atoms with E-state index in [1.54, 1.807) is 7.11 Å². The van der Waals surface area contributed by atoms with Gasteiger partial charge in [0.15, 0.2) is 0 Å². The molecule has 2 aromatic carbocycles. The van der Waals surface area contributed by atoms with Gasteiger partial charge in [-0.25, -0.2) is 0 Å². The van der Waals surface area contributed by atoms with Gasteiger partial charge in [-0.1, -0.05) is 42.5 Å². The number of methoxy groups -OCH3 is 1. The zero-order valence-corrected chi connectivity index (χ0v) is 12.8. The van der Waals surface area contributed by atoms with Crippen molar-refractivity contribution >= 4 is 10.8 Å². The molecule has 0 spiro atoms. The van der Waals surface area contributed by atoms with Crippen LogP contribution < -0.4 is 5.32 Å². The Morgan fingerprint density at radius 3 is 2.81 bits per heavy atom. The van der Waals surface area contributed by atoms with E-state index in [0.717, 1.165) is 19.6 Å². The normalized spacial score (nSPS) is 23.5. The zero-order chi connectivity index (χ0) is 14.7. The fraction of sp³-hybridized carbons (Fsp3) is 0.444. The van der Waals surface area contributed by atoms with Crippen molar-refractivity contribution in [3.05, 3.63) is 48.0 Å². The predicted molar refractivity (Wildman–Crippen MR) is 85.5 cm³/mol. The highest BCUT2D eigenvalue weighted by Crippen LogP contribution is 2.26. The predicted octanol–water partition coefficient (Wildman–Crippen LogP) is 3.30. The monoisotopic (exact) mass is 285 g/mol. The molecule has 0 aromatic heterocycles. The maximum absolute atomic E-state index is 5.69. The van der Waals surface area contributed by atoms with Gasteiger partial charge in [0.05, 0.1) is 6.61 Å². The first-order valence-corrected chi connectivity index (χ1v) is 7.58. The maximum atomic E-state index is 5.69. The van der Waals surface area contributed by atoms with Crippen LogP contribution >= 0.6 is 0 Å². The van der Waals surface area contributed by atoms with E-state index in [4.69, 9.17) is 9.47 Å². The van der Waals surface area contributed by atoms with Crippen LogP contribution in [0.2, 0.25) is 0 Å². The lowest BCUT2D eigenvalue weighted by atomic mass is 9.98. The summed E-state index contributed by atoms with van der Waals surface area (Å²) >= 11 is 0. The molecule has 1 aliphatic rings. The molecule has 112 valence electrons. The summed E-state index contributed by atoms with van der Waals surface area (Å²) in [5.41, 5.74) is 1.16. The van der Waals surface area contributed by atoms with Crippen molar-refractivity contribution in [2.24, 2.45) is 0 Å². The third-order valence-electron chi connectivity index (χ3n) is 4.52. The van der Waals surface area contributed by atoms with E-state index < -0.39 is 0 Å². The van der Waals surface area contributed by atoms with Crippen LogP contribution in [0.3, 0.4) is 0 Å². The Hall–Kier alpha value is -1.42. The van der Waals surface area contributed by atoms with Gasteiger partial charge >= 0.3 is 0 Å². The number of ether oxygens (including phenoxy) is 2. The first-order valence-electron chi connectivity index (χ1n) is 7.58. The van der Waals surface area contributed by atoms with Crippen molar-refractivity contribution < 1.29 is 9.47 Å². The molecule has 1 N–H and O–H groups in total. The summed E-state index contributed by atoms with van der Waals surface area (Å²) in [6.07, 6.45) is 0.957. The van der Waals surface area contributed by atoms with Crippen molar-refractivity contribution in [2.75, 3.05) is 26.9 Å². The zero-order valence-electron chi connectivity index (χ0n) is 12.8. The molecule has 2 aromatic rings. The molecule has 0 aliphatic carbocycles. The van der Waals surface area contributed by atoms with E-state index in [2.05, 4.69) is 54.7 Å². The Kier molecular flexibility index (Phi) is 4.24. The van der Waals surface area contributed by atoms with Crippen LogP contribution in [0, 0.1) is 0 Å². The van der Waals surface area contributed by atoms with Crippen LogP contribution in [0.1, 0.15) is 24.9 Å². The highest BCUT2D eigenvalue weighted by Gasteiger charge is 2.35. The van der Waals surface area contributed by atoms with Crippen molar-refractivity contribution in [3.8, 4) is 0 Å². The van der Waals surface area contributed by atoms with E-state index in [-0.39, 0.29) is 11.6 Å². The molecular formula is C18H23NO2. The third-order valence-corrected chi connectivity index (χ3v) is 4.52.